The highest BCUT2D eigenvalue weighted by atomic mass is 32.2. The van der Waals surface area contributed by atoms with Gasteiger partial charge in [0.2, 0.25) is 5.91 Å². The van der Waals surface area contributed by atoms with Gasteiger partial charge in [-0.15, -0.1) is 0 Å². The van der Waals surface area contributed by atoms with E-state index >= 15 is 0 Å². The molecule has 4 saturated carbocycles. The van der Waals surface area contributed by atoms with Gasteiger partial charge < -0.3 is 10.1 Å². The molecule has 1 saturated heterocycles. The molecular formula is C23H33N3O4S. The third-order valence-corrected chi connectivity index (χ3v) is 9.76. The molecule has 0 aromatic heterocycles. The van der Waals surface area contributed by atoms with E-state index in [1.165, 1.54) is 49.9 Å². The maximum atomic E-state index is 13.2. The van der Waals surface area contributed by atoms with Crippen LogP contribution in [0.5, 0.6) is 5.75 Å². The van der Waals surface area contributed by atoms with E-state index in [2.05, 4.69) is 10.0 Å². The van der Waals surface area contributed by atoms with Crippen LogP contribution in [0.3, 0.4) is 0 Å². The van der Waals surface area contributed by atoms with Crippen molar-refractivity contribution in [3.63, 3.8) is 0 Å². The van der Waals surface area contributed by atoms with E-state index in [4.69, 9.17) is 4.74 Å². The first-order valence-electron chi connectivity index (χ1n) is 11.4. The fraction of sp³-hybridized carbons (Fsp3) is 0.696. The van der Waals surface area contributed by atoms with Crippen molar-refractivity contribution < 1.29 is 17.9 Å². The van der Waals surface area contributed by atoms with Crippen LogP contribution in [0.25, 0.3) is 0 Å². The average molecular weight is 448 g/mol. The van der Waals surface area contributed by atoms with Crippen molar-refractivity contribution in [2.45, 2.75) is 57.0 Å². The number of rotatable bonds is 5. The van der Waals surface area contributed by atoms with Crippen LogP contribution >= 0.6 is 0 Å². The van der Waals surface area contributed by atoms with Gasteiger partial charge in [0.15, 0.2) is 0 Å². The van der Waals surface area contributed by atoms with Crippen LogP contribution in [0.1, 0.15) is 56.6 Å². The van der Waals surface area contributed by atoms with Gasteiger partial charge in [-0.2, -0.15) is 17.4 Å². The molecule has 2 atom stereocenters. The number of nitrogens with one attached hydrogen (secondary N) is 2. The van der Waals surface area contributed by atoms with Gasteiger partial charge in [0.25, 0.3) is 10.2 Å². The minimum Gasteiger partial charge on any atom is -0.497 e. The Kier molecular flexibility index (Phi) is 5.30. The SMILES string of the molecule is COc1cccc([C@H]2C[C@H](C(=O)NCC34CC5CC(CC(C5)C3)C4)N(C)S(=O)(=O)N2)c1. The first-order chi connectivity index (χ1) is 14.8. The normalized spacial score (nSPS) is 38.7. The number of methoxy groups -OCH3 is 1. The number of amides is 1. The van der Waals surface area contributed by atoms with Gasteiger partial charge in [-0.1, -0.05) is 12.1 Å². The molecule has 7 nitrogen and oxygen atoms in total. The maximum absolute atomic E-state index is 13.2. The standard InChI is InChI=1S/C23H33N3O4S/c1-26-21(10-20(25-31(26,28)29)18-4-3-5-19(9-18)30-2)22(27)24-14-23-11-15-6-16(12-23)8-17(7-15)13-23/h3-5,9,15-17,20-21,25H,6-8,10-14H2,1-2H3,(H,24,27)/t15?,16?,17?,20-,21-,23?/m1/s1. The summed E-state index contributed by atoms with van der Waals surface area (Å²) in [6, 6.07) is 6.16. The molecule has 4 bridgehead atoms. The Bertz CT molecular complexity index is 928. The van der Waals surface area contributed by atoms with Gasteiger partial charge in [-0.3, -0.25) is 4.79 Å². The molecule has 6 rings (SSSR count). The largest absolute Gasteiger partial charge is 0.497 e. The molecule has 5 aliphatic rings. The topological polar surface area (TPSA) is 87.7 Å². The Hall–Kier alpha value is -1.64. The number of carbonyl (C=O) groups is 1. The van der Waals surface area contributed by atoms with Crippen LogP contribution < -0.4 is 14.8 Å². The summed E-state index contributed by atoms with van der Waals surface area (Å²) in [6.07, 6.45) is 8.12. The Balaban J connectivity index is 1.30. The van der Waals surface area contributed by atoms with E-state index in [9.17, 15) is 13.2 Å². The van der Waals surface area contributed by atoms with Crippen LogP contribution in [0, 0.1) is 23.2 Å². The second-order valence-electron chi connectivity index (χ2n) is 10.4. The lowest BCUT2D eigenvalue weighted by atomic mass is 9.49. The number of hydrogen-bond donors (Lipinski definition) is 2. The monoisotopic (exact) mass is 447 g/mol. The highest BCUT2D eigenvalue weighted by Gasteiger charge is 2.51. The molecule has 1 aromatic rings. The number of nitrogens with zero attached hydrogens (tertiary/aromatic N) is 1. The van der Waals surface area contributed by atoms with E-state index in [0.717, 1.165) is 23.3 Å². The van der Waals surface area contributed by atoms with E-state index in [0.29, 0.717) is 18.7 Å². The summed E-state index contributed by atoms with van der Waals surface area (Å²) >= 11 is 0. The van der Waals surface area contributed by atoms with Crippen molar-refractivity contribution >= 4 is 16.1 Å². The minimum absolute atomic E-state index is 0.184. The summed E-state index contributed by atoms with van der Waals surface area (Å²) in [5.41, 5.74) is 1.02. The van der Waals surface area contributed by atoms with Crippen molar-refractivity contribution in [3.05, 3.63) is 29.8 Å². The summed E-state index contributed by atoms with van der Waals surface area (Å²) in [6.45, 7) is 0.678. The van der Waals surface area contributed by atoms with Crippen molar-refractivity contribution in [1.82, 2.24) is 14.3 Å². The summed E-state index contributed by atoms with van der Waals surface area (Å²) in [7, 11) is -0.687. The smallest absolute Gasteiger partial charge is 0.280 e. The van der Waals surface area contributed by atoms with Crippen molar-refractivity contribution in [3.8, 4) is 5.75 Å². The van der Waals surface area contributed by atoms with Gasteiger partial charge >= 0.3 is 0 Å². The van der Waals surface area contributed by atoms with Crippen LogP contribution in [-0.2, 0) is 15.0 Å². The predicted octanol–water partition coefficient (Wildman–Crippen LogP) is 2.61. The molecule has 170 valence electrons. The number of likely N-dealkylation sites (N-methyl/N-ethyl adjacent to an activating group) is 1. The third-order valence-electron chi connectivity index (χ3n) is 8.17. The summed E-state index contributed by atoms with van der Waals surface area (Å²) in [5, 5.41) is 3.17. The number of carbonyl (C=O) groups excluding carboxylic acids is 1. The van der Waals surface area contributed by atoms with Gasteiger partial charge in [0.05, 0.1) is 13.2 Å². The Morgan fingerprint density at radius 1 is 1.16 bits per heavy atom. The molecule has 0 radical (unpaired) electrons. The van der Waals surface area contributed by atoms with E-state index < -0.39 is 22.3 Å². The minimum atomic E-state index is -3.75. The zero-order valence-electron chi connectivity index (χ0n) is 18.3. The van der Waals surface area contributed by atoms with Crippen molar-refractivity contribution in [1.29, 1.82) is 0 Å². The predicted molar refractivity (Wildman–Crippen MR) is 118 cm³/mol. The Morgan fingerprint density at radius 3 is 2.42 bits per heavy atom. The van der Waals surface area contributed by atoms with Crippen molar-refractivity contribution in [2.24, 2.45) is 23.2 Å². The first-order valence-corrected chi connectivity index (χ1v) is 12.9. The second kappa shape index (κ2) is 7.74. The van der Waals surface area contributed by atoms with Crippen LogP contribution in [-0.4, -0.2) is 45.4 Å². The quantitative estimate of drug-likeness (QED) is 0.726. The maximum Gasteiger partial charge on any atom is 0.280 e. The highest BCUT2D eigenvalue weighted by molar-refractivity contribution is 7.87. The molecule has 2 N–H and O–H groups in total. The van der Waals surface area contributed by atoms with Gasteiger partial charge in [-0.05, 0) is 85.8 Å². The molecule has 5 fully saturated rings. The number of ether oxygens (including phenoxy) is 1. The molecule has 1 heterocycles. The fourth-order valence-corrected chi connectivity index (χ4v) is 8.36. The van der Waals surface area contributed by atoms with Crippen LogP contribution in [0.15, 0.2) is 24.3 Å². The van der Waals surface area contributed by atoms with E-state index in [1.807, 2.05) is 24.3 Å². The zero-order valence-corrected chi connectivity index (χ0v) is 19.2. The molecule has 0 spiro atoms. The molecule has 8 heteroatoms. The lowest BCUT2D eigenvalue weighted by molar-refractivity contribution is -0.127. The molecular weight excluding hydrogens is 414 g/mol. The average Bonchev–Trinajstić information content (AvgIpc) is 2.73. The Labute approximate surface area is 185 Å². The second-order valence-corrected chi connectivity index (χ2v) is 12.1. The van der Waals surface area contributed by atoms with Crippen LogP contribution in [0.4, 0.5) is 0 Å². The number of benzene rings is 1. The third kappa shape index (κ3) is 3.98. The lowest BCUT2D eigenvalue weighted by Crippen LogP contribution is -2.58. The van der Waals surface area contributed by atoms with Crippen LogP contribution in [0.2, 0.25) is 0 Å². The molecule has 1 aromatic carbocycles. The zero-order chi connectivity index (χ0) is 21.8. The van der Waals surface area contributed by atoms with E-state index in [1.54, 1.807) is 7.11 Å². The lowest BCUT2D eigenvalue weighted by Gasteiger charge is -2.57. The highest BCUT2D eigenvalue weighted by Crippen LogP contribution is 2.59. The summed E-state index contributed by atoms with van der Waals surface area (Å²) < 4.78 is 34.7. The summed E-state index contributed by atoms with van der Waals surface area (Å²) in [5.74, 6) is 2.95. The van der Waals surface area contributed by atoms with Gasteiger partial charge in [0, 0.05) is 13.6 Å². The molecule has 0 unspecified atom stereocenters. The van der Waals surface area contributed by atoms with Gasteiger partial charge in [0.1, 0.15) is 11.8 Å². The molecule has 1 aliphatic heterocycles. The Morgan fingerprint density at radius 2 is 1.81 bits per heavy atom. The molecule has 1 amide bonds. The number of hydrogen-bond acceptors (Lipinski definition) is 4. The van der Waals surface area contributed by atoms with Gasteiger partial charge in [-0.25, -0.2) is 0 Å². The van der Waals surface area contributed by atoms with E-state index in [-0.39, 0.29) is 11.3 Å². The van der Waals surface area contributed by atoms with Crippen molar-refractivity contribution in [2.75, 3.05) is 20.7 Å². The summed E-state index contributed by atoms with van der Waals surface area (Å²) in [4.78, 5) is 13.2. The first kappa shape index (κ1) is 21.2. The fourth-order valence-electron chi connectivity index (χ4n) is 7.08. The molecule has 4 aliphatic carbocycles. The molecule has 31 heavy (non-hydrogen) atoms.